The summed E-state index contributed by atoms with van der Waals surface area (Å²) in [6.07, 6.45) is 0.995. The first-order valence-electron chi connectivity index (χ1n) is 11.4. The predicted octanol–water partition coefficient (Wildman–Crippen LogP) is 4.61. The lowest BCUT2D eigenvalue weighted by molar-refractivity contribution is -0.158. The first-order valence-corrected chi connectivity index (χ1v) is 11.4. The molecule has 9 heteroatoms. The van der Waals surface area contributed by atoms with E-state index in [0.29, 0.717) is 17.2 Å². The minimum atomic E-state index is -1.53. The molecule has 36 heavy (non-hydrogen) atoms. The Morgan fingerprint density at radius 1 is 1.08 bits per heavy atom. The predicted molar refractivity (Wildman–Crippen MR) is 132 cm³/mol. The highest BCUT2D eigenvalue weighted by Gasteiger charge is 2.32. The zero-order valence-corrected chi connectivity index (χ0v) is 20.1. The van der Waals surface area contributed by atoms with Gasteiger partial charge in [-0.25, -0.2) is 13.9 Å². The van der Waals surface area contributed by atoms with Crippen LogP contribution in [0.4, 0.5) is 4.39 Å². The molecule has 3 aromatic carbocycles. The van der Waals surface area contributed by atoms with Gasteiger partial charge in [0.1, 0.15) is 23.4 Å². The van der Waals surface area contributed by atoms with E-state index in [4.69, 9.17) is 9.47 Å². The molecule has 1 amide bonds. The molecule has 0 unspecified atom stereocenters. The van der Waals surface area contributed by atoms with Crippen molar-refractivity contribution in [3.05, 3.63) is 84.3 Å². The number of carboxylic acid groups (broad SMARTS) is 1. The smallest absolute Gasteiger partial charge is 0.394 e. The van der Waals surface area contributed by atoms with Crippen molar-refractivity contribution in [2.45, 2.75) is 26.0 Å². The number of halogens is 1. The maximum atomic E-state index is 13.3. The monoisotopic (exact) mass is 491 g/mol. The SMILES string of the molecule is CCN(C(=O)C(=O)O)[C@@H](C)[C@H](Oc1ccc2c(cnn2-c2ccc(F)cc2)c1)c1cccc(OC)c1. The average Bonchev–Trinajstić information content (AvgIpc) is 3.31. The molecule has 186 valence electrons. The normalized spacial score (nSPS) is 12.7. The van der Waals surface area contributed by atoms with Crippen LogP contribution in [0, 0.1) is 5.82 Å². The summed E-state index contributed by atoms with van der Waals surface area (Å²) in [6.45, 7) is 3.66. The Kier molecular flexibility index (Phi) is 7.19. The molecule has 0 spiro atoms. The second kappa shape index (κ2) is 10.5. The number of hydrogen-bond donors (Lipinski definition) is 1. The molecule has 0 radical (unpaired) electrons. The second-order valence-electron chi connectivity index (χ2n) is 8.21. The van der Waals surface area contributed by atoms with Crippen LogP contribution in [0.25, 0.3) is 16.6 Å². The van der Waals surface area contributed by atoms with E-state index in [9.17, 15) is 19.1 Å². The van der Waals surface area contributed by atoms with E-state index in [1.165, 1.54) is 17.0 Å². The van der Waals surface area contributed by atoms with Gasteiger partial charge in [0.15, 0.2) is 0 Å². The van der Waals surface area contributed by atoms with Crippen molar-refractivity contribution in [1.82, 2.24) is 14.7 Å². The average molecular weight is 492 g/mol. The fourth-order valence-electron chi connectivity index (χ4n) is 4.19. The minimum Gasteiger partial charge on any atom is -0.497 e. The molecule has 2 atom stereocenters. The van der Waals surface area contributed by atoms with Gasteiger partial charge in [-0.1, -0.05) is 12.1 Å². The molecule has 0 aliphatic heterocycles. The number of aliphatic carboxylic acids is 1. The number of likely N-dealkylation sites (N-methyl/N-ethyl adjacent to an activating group) is 1. The number of hydrogen-bond acceptors (Lipinski definition) is 5. The summed E-state index contributed by atoms with van der Waals surface area (Å²) in [5.41, 5.74) is 2.24. The van der Waals surface area contributed by atoms with E-state index in [1.807, 2.05) is 24.3 Å². The summed E-state index contributed by atoms with van der Waals surface area (Å²) in [5, 5.41) is 14.5. The highest BCUT2D eigenvalue weighted by Crippen LogP contribution is 2.32. The number of rotatable bonds is 8. The molecule has 0 bridgehead atoms. The fraction of sp³-hybridized carbons (Fsp3) is 0.222. The van der Waals surface area contributed by atoms with Gasteiger partial charge in [0, 0.05) is 11.9 Å². The number of carbonyl (C=O) groups is 2. The zero-order valence-electron chi connectivity index (χ0n) is 20.1. The molecule has 0 saturated carbocycles. The standard InChI is InChI=1S/C27H26FN3O5/c1-4-30(26(32)27(33)34)17(2)25(18-6-5-7-22(14-18)35-3)36-23-12-13-24-19(15-23)16-29-31(24)21-10-8-20(28)9-11-21/h5-17,25H,4H2,1-3H3,(H,33,34)/t17-,25-/m0/s1. The Hall–Kier alpha value is -4.40. The van der Waals surface area contributed by atoms with Crippen LogP contribution >= 0.6 is 0 Å². The van der Waals surface area contributed by atoms with Crippen molar-refractivity contribution < 1.29 is 28.6 Å². The number of nitrogens with zero attached hydrogens (tertiary/aromatic N) is 3. The van der Waals surface area contributed by atoms with Crippen molar-refractivity contribution in [2.75, 3.05) is 13.7 Å². The van der Waals surface area contributed by atoms with Crippen molar-refractivity contribution in [2.24, 2.45) is 0 Å². The maximum absolute atomic E-state index is 13.3. The highest BCUT2D eigenvalue weighted by atomic mass is 19.1. The van der Waals surface area contributed by atoms with Crippen LogP contribution in [-0.4, -0.2) is 51.4 Å². The lowest BCUT2D eigenvalue weighted by Gasteiger charge is -2.33. The van der Waals surface area contributed by atoms with Crippen LogP contribution < -0.4 is 9.47 Å². The van der Waals surface area contributed by atoms with Gasteiger partial charge >= 0.3 is 11.9 Å². The number of amides is 1. The van der Waals surface area contributed by atoms with Gasteiger partial charge in [0.05, 0.1) is 30.6 Å². The second-order valence-corrected chi connectivity index (χ2v) is 8.21. The van der Waals surface area contributed by atoms with E-state index >= 15 is 0 Å². The van der Waals surface area contributed by atoms with Gasteiger partial charge in [-0.3, -0.25) is 4.79 Å². The Labute approximate surface area is 207 Å². The summed E-state index contributed by atoms with van der Waals surface area (Å²) in [6, 6.07) is 18.1. The first kappa shape index (κ1) is 24.7. The van der Waals surface area contributed by atoms with E-state index < -0.39 is 24.0 Å². The largest absolute Gasteiger partial charge is 0.497 e. The van der Waals surface area contributed by atoms with Crippen molar-refractivity contribution in [3.63, 3.8) is 0 Å². The Morgan fingerprint density at radius 2 is 1.83 bits per heavy atom. The topological polar surface area (TPSA) is 93.9 Å². The van der Waals surface area contributed by atoms with Gasteiger partial charge < -0.3 is 19.5 Å². The molecule has 1 aromatic heterocycles. The fourth-order valence-corrected chi connectivity index (χ4v) is 4.19. The molecule has 1 N–H and O–H groups in total. The van der Waals surface area contributed by atoms with Gasteiger partial charge in [-0.05, 0) is 74.0 Å². The van der Waals surface area contributed by atoms with Crippen LogP contribution in [0.5, 0.6) is 11.5 Å². The third-order valence-corrected chi connectivity index (χ3v) is 6.01. The van der Waals surface area contributed by atoms with Crippen molar-refractivity contribution in [3.8, 4) is 17.2 Å². The number of benzene rings is 3. The summed E-state index contributed by atoms with van der Waals surface area (Å²) in [7, 11) is 1.55. The van der Waals surface area contributed by atoms with E-state index in [-0.39, 0.29) is 12.4 Å². The quantitative estimate of drug-likeness (QED) is 0.362. The van der Waals surface area contributed by atoms with E-state index in [1.54, 1.807) is 62.2 Å². The minimum absolute atomic E-state index is 0.194. The van der Waals surface area contributed by atoms with Gasteiger partial charge in [-0.15, -0.1) is 0 Å². The number of carbonyl (C=O) groups excluding carboxylic acids is 1. The molecule has 4 rings (SSSR count). The summed E-state index contributed by atoms with van der Waals surface area (Å²) < 4.78 is 26.8. The molecule has 1 heterocycles. The van der Waals surface area contributed by atoms with Crippen molar-refractivity contribution >= 4 is 22.8 Å². The third-order valence-electron chi connectivity index (χ3n) is 6.01. The molecule has 0 aliphatic rings. The number of methoxy groups -OCH3 is 1. The van der Waals surface area contributed by atoms with Crippen LogP contribution in [-0.2, 0) is 9.59 Å². The van der Waals surface area contributed by atoms with E-state index in [0.717, 1.165) is 16.5 Å². The van der Waals surface area contributed by atoms with Gasteiger partial charge in [0.25, 0.3) is 0 Å². The highest BCUT2D eigenvalue weighted by molar-refractivity contribution is 6.31. The van der Waals surface area contributed by atoms with Crippen LogP contribution in [0.2, 0.25) is 0 Å². The molecular weight excluding hydrogens is 465 g/mol. The molecule has 8 nitrogen and oxygen atoms in total. The molecule has 0 aliphatic carbocycles. The maximum Gasteiger partial charge on any atom is 0.394 e. The zero-order chi connectivity index (χ0) is 25.8. The Morgan fingerprint density at radius 3 is 2.50 bits per heavy atom. The number of fused-ring (bicyclic) bond motifs is 1. The number of ether oxygens (including phenoxy) is 2. The Balaban J connectivity index is 1.70. The van der Waals surface area contributed by atoms with Crippen molar-refractivity contribution in [1.29, 1.82) is 0 Å². The summed E-state index contributed by atoms with van der Waals surface area (Å²) in [4.78, 5) is 25.1. The third kappa shape index (κ3) is 5.00. The van der Waals surface area contributed by atoms with Crippen LogP contribution in [0.15, 0.2) is 72.9 Å². The molecule has 0 saturated heterocycles. The molecule has 0 fully saturated rings. The van der Waals surface area contributed by atoms with Gasteiger partial charge in [0.2, 0.25) is 0 Å². The summed E-state index contributed by atoms with van der Waals surface area (Å²) in [5.74, 6) is -1.73. The first-order chi connectivity index (χ1) is 17.3. The summed E-state index contributed by atoms with van der Waals surface area (Å²) >= 11 is 0. The lowest BCUT2D eigenvalue weighted by atomic mass is 10.0. The van der Waals surface area contributed by atoms with Crippen LogP contribution in [0.3, 0.4) is 0 Å². The molecule has 4 aromatic rings. The number of aromatic nitrogens is 2. The molecular formula is C27H26FN3O5. The number of carboxylic acids is 1. The van der Waals surface area contributed by atoms with Gasteiger partial charge in [-0.2, -0.15) is 5.10 Å². The Bertz CT molecular complexity index is 1390. The van der Waals surface area contributed by atoms with E-state index in [2.05, 4.69) is 5.10 Å². The van der Waals surface area contributed by atoms with Crippen LogP contribution in [0.1, 0.15) is 25.5 Å². The lowest BCUT2D eigenvalue weighted by Crippen LogP contribution is -2.46.